The number of hydrogen-bond donors (Lipinski definition) is 1. The van der Waals surface area contributed by atoms with Crippen molar-refractivity contribution in [3.63, 3.8) is 0 Å². The van der Waals surface area contributed by atoms with Gasteiger partial charge in [0, 0.05) is 24.1 Å². The van der Waals surface area contributed by atoms with Crippen molar-refractivity contribution in [2.45, 2.75) is 39.5 Å². The third kappa shape index (κ3) is 4.92. The lowest BCUT2D eigenvalue weighted by molar-refractivity contribution is -0.116. The minimum absolute atomic E-state index is 0.0442. The van der Waals surface area contributed by atoms with E-state index >= 15 is 0 Å². The van der Waals surface area contributed by atoms with Crippen molar-refractivity contribution >= 4 is 17.4 Å². The Morgan fingerprint density at radius 2 is 1.52 bits per heavy atom. The molecule has 0 fully saturated rings. The number of Topliss-reactive ketones (excluding diaryl/α,β-unsaturated/α-hetero) is 1. The third-order valence-electron chi connectivity index (χ3n) is 4.25. The first-order chi connectivity index (χ1) is 12.1. The Bertz CT molecular complexity index is 713. The standard InChI is InChI=1S/C21H25NO3/c1-4-15-7-6-8-16(5-2)21(15)22-20(24)14-13-19(23)17-9-11-18(25-3)12-10-17/h6-12H,4-5,13-14H2,1-3H3,(H,22,24). The van der Waals surface area contributed by atoms with Gasteiger partial charge in [0.1, 0.15) is 5.75 Å². The molecule has 2 rings (SSSR count). The SMILES string of the molecule is CCc1cccc(CC)c1NC(=O)CCC(=O)c1ccc(OC)cc1. The van der Waals surface area contributed by atoms with Gasteiger partial charge < -0.3 is 10.1 Å². The highest BCUT2D eigenvalue weighted by atomic mass is 16.5. The van der Waals surface area contributed by atoms with Crippen molar-refractivity contribution in [2.75, 3.05) is 12.4 Å². The number of para-hydroxylation sites is 1. The second-order valence-electron chi connectivity index (χ2n) is 5.86. The molecule has 0 aliphatic rings. The van der Waals surface area contributed by atoms with Gasteiger partial charge >= 0.3 is 0 Å². The largest absolute Gasteiger partial charge is 0.497 e. The monoisotopic (exact) mass is 339 g/mol. The molecule has 0 aliphatic heterocycles. The summed E-state index contributed by atoms with van der Waals surface area (Å²) in [6, 6.07) is 13.0. The summed E-state index contributed by atoms with van der Waals surface area (Å²) in [7, 11) is 1.58. The van der Waals surface area contributed by atoms with Crippen LogP contribution in [0.2, 0.25) is 0 Å². The van der Waals surface area contributed by atoms with Gasteiger partial charge in [-0.05, 0) is 48.2 Å². The molecular formula is C21H25NO3. The number of amides is 1. The van der Waals surface area contributed by atoms with Crippen molar-refractivity contribution in [2.24, 2.45) is 0 Å². The molecule has 25 heavy (non-hydrogen) atoms. The molecule has 1 amide bonds. The van der Waals surface area contributed by atoms with E-state index in [0.717, 1.165) is 29.7 Å². The number of carbonyl (C=O) groups excluding carboxylic acids is 2. The van der Waals surface area contributed by atoms with Gasteiger partial charge in [-0.15, -0.1) is 0 Å². The Kier molecular flexibility index (Phi) is 6.75. The molecule has 0 saturated heterocycles. The minimum Gasteiger partial charge on any atom is -0.497 e. The van der Waals surface area contributed by atoms with E-state index in [1.165, 1.54) is 0 Å². The average molecular weight is 339 g/mol. The summed E-state index contributed by atoms with van der Waals surface area (Å²) < 4.78 is 5.08. The second-order valence-corrected chi connectivity index (χ2v) is 5.86. The molecule has 4 nitrogen and oxygen atoms in total. The van der Waals surface area contributed by atoms with Crippen LogP contribution in [-0.2, 0) is 17.6 Å². The van der Waals surface area contributed by atoms with Crippen LogP contribution < -0.4 is 10.1 Å². The molecule has 0 saturated carbocycles. The highest BCUT2D eigenvalue weighted by molar-refractivity contribution is 6.00. The molecule has 0 aliphatic carbocycles. The fraction of sp³-hybridized carbons (Fsp3) is 0.333. The molecule has 0 spiro atoms. The van der Waals surface area contributed by atoms with Gasteiger partial charge in [-0.3, -0.25) is 9.59 Å². The van der Waals surface area contributed by atoms with E-state index in [0.29, 0.717) is 11.3 Å². The predicted molar refractivity (Wildman–Crippen MR) is 100 cm³/mol. The van der Waals surface area contributed by atoms with E-state index in [1.54, 1.807) is 31.4 Å². The van der Waals surface area contributed by atoms with Gasteiger partial charge in [0.15, 0.2) is 5.78 Å². The second kappa shape index (κ2) is 9.02. The lowest BCUT2D eigenvalue weighted by atomic mass is 10.0. The van der Waals surface area contributed by atoms with Gasteiger partial charge in [-0.2, -0.15) is 0 Å². The Labute approximate surface area is 149 Å². The summed E-state index contributed by atoms with van der Waals surface area (Å²) in [6.07, 6.45) is 2.07. The summed E-state index contributed by atoms with van der Waals surface area (Å²) >= 11 is 0. The van der Waals surface area contributed by atoms with Crippen LogP contribution in [0, 0.1) is 0 Å². The van der Waals surface area contributed by atoms with Crippen LogP contribution in [0.25, 0.3) is 0 Å². The maximum atomic E-state index is 12.3. The predicted octanol–water partition coefficient (Wildman–Crippen LogP) is 4.42. The Morgan fingerprint density at radius 1 is 0.920 bits per heavy atom. The number of carbonyl (C=O) groups is 2. The zero-order chi connectivity index (χ0) is 18.2. The number of hydrogen-bond acceptors (Lipinski definition) is 3. The fourth-order valence-corrected chi connectivity index (χ4v) is 2.75. The summed E-state index contributed by atoms with van der Waals surface area (Å²) in [5, 5.41) is 2.99. The lowest BCUT2D eigenvalue weighted by Gasteiger charge is -2.14. The third-order valence-corrected chi connectivity index (χ3v) is 4.25. The zero-order valence-corrected chi connectivity index (χ0v) is 15.1. The first-order valence-corrected chi connectivity index (χ1v) is 8.66. The van der Waals surface area contributed by atoms with Crippen molar-refractivity contribution in [1.29, 1.82) is 0 Å². The smallest absolute Gasteiger partial charge is 0.224 e. The van der Waals surface area contributed by atoms with E-state index in [-0.39, 0.29) is 24.5 Å². The van der Waals surface area contributed by atoms with Gasteiger partial charge in [0.25, 0.3) is 0 Å². The molecule has 0 radical (unpaired) electrons. The number of methoxy groups -OCH3 is 1. The van der Waals surface area contributed by atoms with Gasteiger partial charge in [-0.1, -0.05) is 32.0 Å². The fourth-order valence-electron chi connectivity index (χ4n) is 2.75. The lowest BCUT2D eigenvalue weighted by Crippen LogP contribution is -2.16. The van der Waals surface area contributed by atoms with Crippen molar-refractivity contribution in [3.8, 4) is 5.75 Å². The van der Waals surface area contributed by atoms with E-state index in [4.69, 9.17) is 4.74 Å². The molecule has 2 aromatic carbocycles. The number of rotatable bonds is 8. The van der Waals surface area contributed by atoms with Crippen LogP contribution in [0.4, 0.5) is 5.69 Å². The Balaban J connectivity index is 1.97. The average Bonchev–Trinajstić information content (AvgIpc) is 2.66. The van der Waals surface area contributed by atoms with Crippen LogP contribution in [0.1, 0.15) is 48.2 Å². The Hall–Kier alpha value is -2.62. The highest BCUT2D eigenvalue weighted by Crippen LogP contribution is 2.23. The molecule has 1 N–H and O–H groups in total. The molecule has 132 valence electrons. The maximum absolute atomic E-state index is 12.3. The molecule has 0 bridgehead atoms. The number of anilines is 1. The summed E-state index contributed by atoms with van der Waals surface area (Å²) in [5.74, 6) is 0.535. The van der Waals surface area contributed by atoms with Gasteiger partial charge in [0.2, 0.25) is 5.91 Å². The molecule has 0 heterocycles. The zero-order valence-electron chi connectivity index (χ0n) is 15.1. The van der Waals surface area contributed by atoms with E-state index < -0.39 is 0 Å². The molecule has 0 aromatic heterocycles. The number of benzene rings is 2. The van der Waals surface area contributed by atoms with Crippen LogP contribution >= 0.6 is 0 Å². The topological polar surface area (TPSA) is 55.4 Å². The van der Waals surface area contributed by atoms with E-state index in [2.05, 4.69) is 19.2 Å². The van der Waals surface area contributed by atoms with E-state index in [9.17, 15) is 9.59 Å². The van der Waals surface area contributed by atoms with Crippen molar-refractivity contribution in [1.82, 2.24) is 0 Å². The summed E-state index contributed by atoms with van der Waals surface area (Å²) in [5.41, 5.74) is 3.73. The normalized spacial score (nSPS) is 10.4. The van der Waals surface area contributed by atoms with Crippen LogP contribution in [0.5, 0.6) is 5.75 Å². The minimum atomic E-state index is -0.127. The van der Waals surface area contributed by atoms with Crippen LogP contribution in [0.3, 0.4) is 0 Å². The van der Waals surface area contributed by atoms with Crippen LogP contribution in [-0.4, -0.2) is 18.8 Å². The number of ether oxygens (including phenoxy) is 1. The highest BCUT2D eigenvalue weighted by Gasteiger charge is 2.13. The first-order valence-electron chi connectivity index (χ1n) is 8.66. The first kappa shape index (κ1) is 18.7. The quantitative estimate of drug-likeness (QED) is 0.724. The molecular weight excluding hydrogens is 314 g/mol. The number of nitrogens with one attached hydrogen (secondary N) is 1. The van der Waals surface area contributed by atoms with Gasteiger partial charge in [-0.25, -0.2) is 0 Å². The Morgan fingerprint density at radius 3 is 2.04 bits per heavy atom. The van der Waals surface area contributed by atoms with Crippen molar-refractivity contribution < 1.29 is 14.3 Å². The molecule has 0 atom stereocenters. The van der Waals surface area contributed by atoms with Gasteiger partial charge in [0.05, 0.1) is 7.11 Å². The molecule has 0 unspecified atom stereocenters. The number of aryl methyl sites for hydroxylation is 2. The molecule has 4 heteroatoms. The summed E-state index contributed by atoms with van der Waals surface area (Å²) in [6.45, 7) is 4.13. The van der Waals surface area contributed by atoms with Crippen molar-refractivity contribution in [3.05, 3.63) is 59.2 Å². The van der Waals surface area contributed by atoms with E-state index in [1.807, 2.05) is 18.2 Å². The number of ketones is 1. The molecule has 2 aromatic rings. The summed E-state index contributed by atoms with van der Waals surface area (Å²) in [4.78, 5) is 24.5. The maximum Gasteiger partial charge on any atom is 0.224 e. The van der Waals surface area contributed by atoms with Crippen LogP contribution in [0.15, 0.2) is 42.5 Å².